The van der Waals surface area contributed by atoms with Gasteiger partial charge >= 0.3 is 0 Å². The maximum Gasteiger partial charge on any atom is 0.126 e. The summed E-state index contributed by atoms with van der Waals surface area (Å²) in [4.78, 5) is 0. The minimum absolute atomic E-state index is 0.182. The number of benzene rings is 1. The average molecular weight is 251 g/mol. The fourth-order valence-electron chi connectivity index (χ4n) is 3.22. The summed E-state index contributed by atoms with van der Waals surface area (Å²) in [6, 6.07) is 6.93. The van der Waals surface area contributed by atoms with Crippen LogP contribution in [-0.4, -0.2) is 19.2 Å². The van der Waals surface area contributed by atoms with Crippen LogP contribution in [0.15, 0.2) is 24.3 Å². The van der Waals surface area contributed by atoms with Gasteiger partial charge < -0.3 is 10.1 Å². The van der Waals surface area contributed by atoms with Crippen molar-refractivity contribution in [3.8, 4) is 5.75 Å². The van der Waals surface area contributed by atoms with Crippen LogP contribution in [-0.2, 0) is 0 Å². The summed E-state index contributed by atoms with van der Waals surface area (Å²) >= 11 is 0. The molecule has 1 saturated carbocycles. The van der Waals surface area contributed by atoms with Gasteiger partial charge in [-0.25, -0.2) is 4.39 Å². The van der Waals surface area contributed by atoms with Crippen molar-refractivity contribution < 1.29 is 9.13 Å². The second kappa shape index (κ2) is 5.27. The van der Waals surface area contributed by atoms with E-state index in [1.54, 1.807) is 6.07 Å². The van der Waals surface area contributed by atoms with Crippen LogP contribution in [0.25, 0.3) is 0 Å². The number of ether oxygens (including phenoxy) is 1. The van der Waals surface area contributed by atoms with Crippen LogP contribution in [0.2, 0.25) is 0 Å². The zero-order chi connectivity index (χ0) is 13.2. The van der Waals surface area contributed by atoms with Crippen molar-refractivity contribution in [1.29, 1.82) is 0 Å². The zero-order valence-electron chi connectivity index (χ0n) is 11.4. The Balaban J connectivity index is 2.10. The number of hydrogen-bond acceptors (Lipinski definition) is 2. The van der Waals surface area contributed by atoms with Crippen LogP contribution in [0.3, 0.4) is 0 Å². The molecule has 1 N–H and O–H groups in total. The van der Waals surface area contributed by atoms with Gasteiger partial charge in [0, 0.05) is 23.9 Å². The molecule has 2 rings (SSSR count). The summed E-state index contributed by atoms with van der Waals surface area (Å²) in [5.41, 5.74) is 0.182. The summed E-state index contributed by atoms with van der Waals surface area (Å²) in [7, 11) is 2.00. The summed E-state index contributed by atoms with van der Waals surface area (Å²) < 4.78 is 19.1. The topological polar surface area (TPSA) is 21.3 Å². The van der Waals surface area contributed by atoms with Gasteiger partial charge in [0.15, 0.2) is 0 Å². The van der Waals surface area contributed by atoms with Crippen molar-refractivity contribution in [2.75, 3.05) is 7.05 Å². The fourth-order valence-corrected chi connectivity index (χ4v) is 3.22. The maximum atomic E-state index is 13.1. The van der Waals surface area contributed by atoms with Crippen molar-refractivity contribution in [2.24, 2.45) is 5.41 Å². The van der Waals surface area contributed by atoms with E-state index in [2.05, 4.69) is 19.2 Å². The Labute approximate surface area is 109 Å². The van der Waals surface area contributed by atoms with Gasteiger partial charge in [0.25, 0.3) is 0 Å². The molecular weight excluding hydrogens is 229 g/mol. The van der Waals surface area contributed by atoms with E-state index in [0.29, 0.717) is 11.8 Å². The highest BCUT2D eigenvalue weighted by Crippen LogP contribution is 2.48. The van der Waals surface area contributed by atoms with Crippen LogP contribution < -0.4 is 10.1 Å². The average Bonchev–Trinajstić information content (AvgIpc) is 2.36. The van der Waals surface area contributed by atoms with E-state index >= 15 is 0 Å². The van der Waals surface area contributed by atoms with E-state index in [9.17, 15) is 4.39 Å². The molecule has 3 heteroatoms. The molecule has 2 atom stereocenters. The van der Waals surface area contributed by atoms with E-state index in [1.165, 1.54) is 12.1 Å². The van der Waals surface area contributed by atoms with Crippen LogP contribution >= 0.6 is 0 Å². The van der Waals surface area contributed by atoms with Gasteiger partial charge in [-0.05, 0) is 32.0 Å². The Morgan fingerprint density at radius 3 is 2.67 bits per heavy atom. The summed E-state index contributed by atoms with van der Waals surface area (Å²) in [5.74, 6) is 0.399. The molecule has 0 aliphatic heterocycles. The fraction of sp³-hybridized carbons (Fsp3) is 0.600. The Kier molecular flexibility index (Phi) is 3.91. The monoisotopic (exact) mass is 251 g/mol. The van der Waals surface area contributed by atoms with E-state index in [0.717, 1.165) is 19.3 Å². The molecular formula is C15H22FNO. The first-order chi connectivity index (χ1) is 8.66. The lowest BCUT2D eigenvalue weighted by molar-refractivity contribution is -0.0836. The van der Waals surface area contributed by atoms with Gasteiger partial charge in [0.1, 0.15) is 17.7 Å². The highest BCUT2D eigenvalue weighted by molar-refractivity contribution is 5.24. The molecule has 0 bridgehead atoms. The van der Waals surface area contributed by atoms with Gasteiger partial charge in [-0.15, -0.1) is 0 Å². The molecule has 0 spiro atoms. The molecule has 1 aliphatic carbocycles. The van der Waals surface area contributed by atoms with Gasteiger partial charge in [0.05, 0.1) is 0 Å². The van der Waals surface area contributed by atoms with Gasteiger partial charge in [-0.2, -0.15) is 0 Å². The van der Waals surface area contributed by atoms with Crippen LogP contribution in [0.1, 0.15) is 33.1 Å². The molecule has 0 aromatic heterocycles. The predicted molar refractivity (Wildman–Crippen MR) is 71.3 cm³/mol. The second-order valence-electron chi connectivity index (χ2n) is 5.08. The Hall–Kier alpha value is -1.09. The Morgan fingerprint density at radius 2 is 2.11 bits per heavy atom. The third-order valence-corrected chi connectivity index (χ3v) is 4.52. The predicted octanol–water partition coefficient (Wildman–Crippen LogP) is 3.37. The zero-order valence-corrected chi connectivity index (χ0v) is 11.4. The van der Waals surface area contributed by atoms with Gasteiger partial charge in [-0.3, -0.25) is 0 Å². The lowest BCUT2D eigenvalue weighted by Gasteiger charge is -2.55. The molecule has 1 aromatic rings. The van der Waals surface area contributed by atoms with Gasteiger partial charge in [0.2, 0.25) is 0 Å². The van der Waals surface area contributed by atoms with Crippen LogP contribution in [0.4, 0.5) is 4.39 Å². The molecule has 0 heterocycles. The quantitative estimate of drug-likeness (QED) is 0.866. The summed E-state index contributed by atoms with van der Waals surface area (Å²) in [6.07, 6.45) is 3.34. The second-order valence-corrected chi connectivity index (χ2v) is 5.08. The molecule has 100 valence electrons. The summed E-state index contributed by atoms with van der Waals surface area (Å²) in [6.45, 7) is 4.41. The van der Waals surface area contributed by atoms with Crippen molar-refractivity contribution in [2.45, 2.75) is 45.3 Å². The normalized spacial score (nSPS) is 25.6. The van der Waals surface area contributed by atoms with Crippen LogP contribution in [0.5, 0.6) is 5.75 Å². The third-order valence-electron chi connectivity index (χ3n) is 4.52. The lowest BCUT2D eigenvalue weighted by atomic mass is 9.58. The Bertz CT molecular complexity index is 403. The van der Waals surface area contributed by atoms with E-state index in [4.69, 9.17) is 4.74 Å². The van der Waals surface area contributed by atoms with Crippen LogP contribution in [0, 0.1) is 11.2 Å². The number of halogens is 1. The molecule has 1 aromatic carbocycles. The number of rotatable bonds is 5. The SMILES string of the molecule is CCC1(CC)C(NC)CC1Oc1cccc(F)c1. The van der Waals surface area contributed by atoms with Crippen molar-refractivity contribution in [3.05, 3.63) is 30.1 Å². The van der Waals surface area contributed by atoms with E-state index < -0.39 is 0 Å². The third kappa shape index (κ3) is 2.12. The van der Waals surface area contributed by atoms with Crippen molar-refractivity contribution in [3.63, 3.8) is 0 Å². The molecule has 0 saturated heterocycles. The number of hydrogen-bond donors (Lipinski definition) is 1. The molecule has 0 amide bonds. The molecule has 1 fully saturated rings. The smallest absolute Gasteiger partial charge is 0.126 e. The highest BCUT2D eigenvalue weighted by atomic mass is 19.1. The Morgan fingerprint density at radius 1 is 1.39 bits per heavy atom. The van der Waals surface area contributed by atoms with Gasteiger partial charge in [-0.1, -0.05) is 19.9 Å². The minimum Gasteiger partial charge on any atom is -0.490 e. The standard InChI is InChI=1S/C15H22FNO/c1-4-15(5-2)13(17-3)10-14(15)18-12-8-6-7-11(16)9-12/h6-9,13-14,17H,4-5,10H2,1-3H3. The number of nitrogens with one attached hydrogen (secondary N) is 1. The first-order valence-electron chi connectivity index (χ1n) is 6.75. The molecule has 1 aliphatic rings. The summed E-state index contributed by atoms with van der Waals surface area (Å²) in [5, 5.41) is 3.37. The minimum atomic E-state index is -0.240. The first kappa shape index (κ1) is 13.3. The molecule has 0 radical (unpaired) electrons. The van der Waals surface area contributed by atoms with Crippen molar-refractivity contribution in [1.82, 2.24) is 5.32 Å². The molecule has 2 unspecified atom stereocenters. The highest BCUT2D eigenvalue weighted by Gasteiger charge is 2.53. The maximum absolute atomic E-state index is 13.1. The molecule has 2 nitrogen and oxygen atoms in total. The first-order valence-corrected chi connectivity index (χ1v) is 6.75. The van der Waals surface area contributed by atoms with E-state index in [-0.39, 0.29) is 17.3 Å². The molecule has 18 heavy (non-hydrogen) atoms. The largest absolute Gasteiger partial charge is 0.490 e. The lowest BCUT2D eigenvalue weighted by Crippen LogP contribution is -2.63. The van der Waals surface area contributed by atoms with Crippen molar-refractivity contribution >= 4 is 0 Å². The van der Waals surface area contributed by atoms with E-state index in [1.807, 2.05) is 13.1 Å².